The number of thiophene rings is 1. The van der Waals surface area contributed by atoms with Gasteiger partial charge >= 0.3 is 0 Å². The van der Waals surface area contributed by atoms with Gasteiger partial charge in [-0.25, -0.2) is 0 Å². The van der Waals surface area contributed by atoms with Crippen molar-refractivity contribution in [3.05, 3.63) is 21.9 Å². The quantitative estimate of drug-likeness (QED) is 0.491. The number of nitrogens with two attached hydrogens (primary N) is 2. The topological polar surface area (TPSA) is 52.0 Å². The molecule has 0 fully saturated rings. The summed E-state index contributed by atoms with van der Waals surface area (Å²) in [5.41, 5.74) is 11.0. The minimum atomic E-state index is 0.848. The van der Waals surface area contributed by atoms with E-state index in [4.69, 9.17) is 11.5 Å². The van der Waals surface area contributed by atoms with Crippen molar-refractivity contribution in [3.8, 4) is 0 Å². The Morgan fingerprint density at radius 2 is 0.952 bits per heavy atom. The Bertz CT molecular complexity index is 305. The van der Waals surface area contributed by atoms with E-state index in [1.54, 1.807) is 9.75 Å². The molecule has 0 aromatic carbocycles. The summed E-state index contributed by atoms with van der Waals surface area (Å²) >= 11 is 2.03. The highest BCUT2D eigenvalue weighted by molar-refractivity contribution is 7.11. The minimum absolute atomic E-state index is 0.848. The van der Waals surface area contributed by atoms with Crippen LogP contribution in [0.2, 0.25) is 0 Å². The van der Waals surface area contributed by atoms with Crippen LogP contribution in [0.1, 0.15) is 74.0 Å². The van der Waals surface area contributed by atoms with Crippen LogP contribution in [0.3, 0.4) is 0 Å². The SMILES string of the molecule is NCCCCCCCc1ccc(CCCCCCCN)s1. The van der Waals surface area contributed by atoms with Crippen LogP contribution in [0.15, 0.2) is 12.1 Å². The molecule has 0 aliphatic heterocycles. The van der Waals surface area contributed by atoms with Crippen LogP contribution in [0.25, 0.3) is 0 Å². The van der Waals surface area contributed by atoms with Gasteiger partial charge in [0.15, 0.2) is 0 Å². The van der Waals surface area contributed by atoms with E-state index in [9.17, 15) is 0 Å². The van der Waals surface area contributed by atoms with Gasteiger partial charge in [0.2, 0.25) is 0 Å². The summed E-state index contributed by atoms with van der Waals surface area (Å²) in [5.74, 6) is 0. The van der Waals surface area contributed by atoms with Gasteiger partial charge in [-0.15, -0.1) is 11.3 Å². The molecule has 1 heterocycles. The predicted octanol–water partition coefficient (Wildman–Crippen LogP) is 4.65. The molecule has 0 aliphatic carbocycles. The van der Waals surface area contributed by atoms with Crippen molar-refractivity contribution in [2.24, 2.45) is 11.5 Å². The van der Waals surface area contributed by atoms with Crippen LogP contribution in [0.4, 0.5) is 0 Å². The Balaban J connectivity index is 2.01. The highest BCUT2D eigenvalue weighted by Gasteiger charge is 2.01. The van der Waals surface area contributed by atoms with Gasteiger partial charge in [-0.2, -0.15) is 0 Å². The molecule has 0 radical (unpaired) electrons. The molecule has 0 unspecified atom stereocenters. The van der Waals surface area contributed by atoms with Crippen molar-refractivity contribution in [3.63, 3.8) is 0 Å². The van der Waals surface area contributed by atoms with Gasteiger partial charge in [-0.05, 0) is 63.7 Å². The Kier molecular flexibility index (Phi) is 11.8. The lowest BCUT2D eigenvalue weighted by Crippen LogP contribution is -1.97. The molecule has 1 aromatic rings. The normalized spacial score (nSPS) is 11.1. The van der Waals surface area contributed by atoms with Crippen molar-refractivity contribution in [1.82, 2.24) is 0 Å². The number of hydrogen-bond acceptors (Lipinski definition) is 3. The van der Waals surface area contributed by atoms with Crippen molar-refractivity contribution < 1.29 is 0 Å². The van der Waals surface area contributed by atoms with Crippen LogP contribution in [-0.4, -0.2) is 13.1 Å². The molecule has 122 valence electrons. The van der Waals surface area contributed by atoms with Crippen LogP contribution < -0.4 is 11.5 Å². The molecule has 0 saturated heterocycles. The van der Waals surface area contributed by atoms with Gasteiger partial charge in [0, 0.05) is 9.75 Å². The van der Waals surface area contributed by atoms with Gasteiger partial charge in [-0.3, -0.25) is 0 Å². The molecular weight excluding hydrogens is 276 g/mol. The lowest BCUT2D eigenvalue weighted by Gasteiger charge is -2.00. The third kappa shape index (κ3) is 10.0. The molecule has 0 bridgehead atoms. The van der Waals surface area contributed by atoms with Crippen LogP contribution in [0.5, 0.6) is 0 Å². The van der Waals surface area contributed by atoms with E-state index >= 15 is 0 Å². The van der Waals surface area contributed by atoms with Crippen LogP contribution in [-0.2, 0) is 12.8 Å². The maximum absolute atomic E-state index is 5.51. The second kappa shape index (κ2) is 13.3. The minimum Gasteiger partial charge on any atom is -0.330 e. The molecule has 3 heteroatoms. The fraction of sp³-hybridized carbons (Fsp3) is 0.778. The monoisotopic (exact) mass is 310 g/mol. The van der Waals surface area contributed by atoms with Gasteiger partial charge in [0.25, 0.3) is 0 Å². The lowest BCUT2D eigenvalue weighted by molar-refractivity contribution is 0.620. The molecule has 0 saturated carbocycles. The van der Waals surface area contributed by atoms with E-state index in [1.807, 2.05) is 11.3 Å². The number of hydrogen-bond donors (Lipinski definition) is 2. The Morgan fingerprint density at radius 1 is 0.571 bits per heavy atom. The number of rotatable bonds is 14. The van der Waals surface area contributed by atoms with Crippen molar-refractivity contribution in [2.75, 3.05) is 13.1 Å². The van der Waals surface area contributed by atoms with Crippen molar-refractivity contribution in [1.29, 1.82) is 0 Å². The fourth-order valence-corrected chi connectivity index (χ4v) is 3.74. The maximum Gasteiger partial charge on any atom is 0.00481 e. The first-order valence-corrected chi connectivity index (χ1v) is 9.66. The summed E-state index contributed by atoms with van der Waals surface area (Å²) in [6.45, 7) is 1.70. The summed E-state index contributed by atoms with van der Waals surface area (Å²) < 4.78 is 0. The van der Waals surface area contributed by atoms with Crippen molar-refractivity contribution in [2.45, 2.75) is 77.0 Å². The van der Waals surface area contributed by atoms with Crippen LogP contribution >= 0.6 is 11.3 Å². The van der Waals surface area contributed by atoms with E-state index < -0.39 is 0 Å². The van der Waals surface area contributed by atoms with Gasteiger partial charge in [0.1, 0.15) is 0 Å². The molecule has 0 spiro atoms. The fourth-order valence-electron chi connectivity index (χ4n) is 2.64. The predicted molar refractivity (Wildman–Crippen MR) is 96.0 cm³/mol. The zero-order valence-electron chi connectivity index (χ0n) is 13.6. The molecule has 1 aromatic heterocycles. The Morgan fingerprint density at radius 3 is 1.38 bits per heavy atom. The maximum atomic E-state index is 5.51. The van der Waals surface area contributed by atoms with Gasteiger partial charge in [-0.1, -0.05) is 38.5 Å². The number of unbranched alkanes of at least 4 members (excludes halogenated alkanes) is 8. The summed E-state index contributed by atoms with van der Waals surface area (Å²) in [7, 11) is 0. The Labute approximate surface area is 135 Å². The molecule has 0 amide bonds. The second-order valence-corrected chi connectivity index (χ2v) is 7.23. The van der Waals surface area contributed by atoms with Crippen molar-refractivity contribution >= 4 is 11.3 Å². The highest BCUT2D eigenvalue weighted by Crippen LogP contribution is 2.21. The first-order chi connectivity index (χ1) is 10.4. The lowest BCUT2D eigenvalue weighted by atomic mass is 10.1. The molecule has 21 heavy (non-hydrogen) atoms. The average Bonchev–Trinajstić information content (AvgIpc) is 2.94. The van der Waals surface area contributed by atoms with E-state index in [1.165, 1.54) is 77.0 Å². The van der Waals surface area contributed by atoms with E-state index in [-0.39, 0.29) is 0 Å². The average molecular weight is 311 g/mol. The third-order valence-corrected chi connectivity index (χ3v) is 5.18. The summed E-state index contributed by atoms with van der Waals surface area (Å²) in [6, 6.07) is 4.68. The standard InChI is InChI=1S/C18H34N2S/c19-15-9-5-1-3-7-11-17-13-14-18(21-17)12-8-4-2-6-10-16-20/h13-14H,1-12,15-16,19-20H2. The first-order valence-electron chi connectivity index (χ1n) is 8.84. The third-order valence-electron chi connectivity index (χ3n) is 3.97. The zero-order chi connectivity index (χ0) is 15.2. The summed E-state index contributed by atoms with van der Waals surface area (Å²) in [6.07, 6.45) is 15.6. The summed E-state index contributed by atoms with van der Waals surface area (Å²) in [5, 5.41) is 0. The highest BCUT2D eigenvalue weighted by atomic mass is 32.1. The smallest absolute Gasteiger partial charge is 0.00481 e. The zero-order valence-corrected chi connectivity index (χ0v) is 14.4. The first kappa shape index (κ1) is 18.7. The molecular formula is C18H34N2S. The van der Waals surface area contributed by atoms with Gasteiger partial charge in [0.05, 0.1) is 0 Å². The molecule has 0 aliphatic rings. The number of aryl methyl sites for hydroxylation is 2. The molecule has 1 rings (SSSR count). The Hall–Kier alpha value is -0.380. The molecule has 0 atom stereocenters. The van der Waals surface area contributed by atoms with Crippen LogP contribution in [0, 0.1) is 0 Å². The summed E-state index contributed by atoms with van der Waals surface area (Å²) in [4.78, 5) is 3.15. The molecule has 4 N–H and O–H groups in total. The molecule has 2 nitrogen and oxygen atoms in total. The van der Waals surface area contributed by atoms with E-state index in [2.05, 4.69) is 12.1 Å². The van der Waals surface area contributed by atoms with E-state index in [0.29, 0.717) is 0 Å². The largest absolute Gasteiger partial charge is 0.330 e. The second-order valence-electron chi connectivity index (χ2n) is 5.98. The van der Waals surface area contributed by atoms with E-state index in [0.717, 1.165) is 13.1 Å². The van der Waals surface area contributed by atoms with Gasteiger partial charge < -0.3 is 11.5 Å².